The molecule has 9 nitrogen and oxygen atoms in total. The molecule has 0 atom stereocenters. The molecular weight excluding hydrogens is 376 g/mol. The molecule has 9 heteroatoms. The van der Waals surface area contributed by atoms with Crippen LogP contribution in [0.15, 0.2) is 29.2 Å². The van der Waals surface area contributed by atoms with E-state index in [1.807, 2.05) is 13.8 Å². The highest BCUT2D eigenvalue weighted by molar-refractivity contribution is 5.72. The highest BCUT2D eigenvalue weighted by Gasteiger charge is 2.21. The fraction of sp³-hybridized carbons (Fsp3) is 0.450. The van der Waals surface area contributed by atoms with Crippen LogP contribution >= 0.6 is 0 Å². The van der Waals surface area contributed by atoms with Crippen molar-refractivity contribution in [3.8, 4) is 11.3 Å². The van der Waals surface area contributed by atoms with E-state index in [9.17, 15) is 19.7 Å². The quantitative estimate of drug-likeness (QED) is 0.448. The number of non-ortho nitro benzene ring substituents is 1. The zero-order valence-corrected chi connectivity index (χ0v) is 17.5. The summed E-state index contributed by atoms with van der Waals surface area (Å²) in [5.41, 5.74) is 0.0271. The lowest BCUT2D eigenvalue weighted by molar-refractivity contribution is -0.384. The van der Waals surface area contributed by atoms with Gasteiger partial charge in [0.25, 0.3) is 11.2 Å². The number of hydrogen-bond acceptors (Lipinski definition) is 7. The molecule has 2 rings (SSSR count). The molecule has 0 bridgehead atoms. The molecule has 0 unspecified atom stereocenters. The Labute approximate surface area is 168 Å². The third-order valence-corrected chi connectivity index (χ3v) is 3.76. The summed E-state index contributed by atoms with van der Waals surface area (Å²) in [4.78, 5) is 40.3. The molecule has 156 valence electrons. The van der Waals surface area contributed by atoms with Gasteiger partial charge in [0.05, 0.1) is 16.8 Å². The summed E-state index contributed by atoms with van der Waals surface area (Å²) in [7, 11) is 0. The van der Waals surface area contributed by atoms with E-state index in [-0.39, 0.29) is 24.1 Å². The first-order valence-electron chi connectivity index (χ1n) is 9.22. The largest absolute Gasteiger partial charge is 0.459 e. The minimum absolute atomic E-state index is 0.0453. The van der Waals surface area contributed by atoms with Crippen LogP contribution in [-0.4, -0.2) is 32.1 Å². The number of anilines is 1. The fourth-order valence-electron chi connectivity index (χ4n) is 2.77. The van der Waals surface area contributed by atoms with E-state index in [0.717, 1.165) is 0 Å². The summed E-state index contributed by atoms with van der Waals surface area (Å²) in [6.07, 6.45) is 1.43. The number of aromatic nitrogens is 2. The van der Waals surface area contributed by atoms with E-state index in [0.29, 0.717) is 16.8 Å². The molecule has 2 aromatic rings. The molecule has 0 saturated heterocycles. The number of ether oxygens (including phenoxy) is 1. The molecule has 1 aromatic carbocycles. The molecule has 1 N–H and O–H groups in total. The third-order valence-electron chi connectivity index (χ3n) is 3.76. The molecule has 0 aliphatic carbocycles. The van der Waals surface area contributed by atoms with Gasteiger partial charge in [0.2, 0.25) is 0 Å². The van der Waals surface area contributed by atoms with Gasteiger partial charge in [-0.15, -0.1) is 0 Å². The van der Waals surface area contributed by atoms with Gasteiger partial charge >= 0.3 is 5.97 Å². The number of hydrogen-bond donors (Lipinski definition) is 1. The Morgan fingerprint density at radius 1 is 1.31 bits per heavy atom. The van der Waals surface area contributed by atoms with Crippen LogP contribution in [0, 0.1) is 17.0 Å². The van der Waals surface area contributed by atoms with Gasteiger partial charge in [-0.25, -0.2) is 4.98 Å². The molecule has 0 saturated carbocycles. The van der Waals surface area contributed by atoms with Gasteiger partial charge in [0, 0.05) is 23.7 Å². The molecule has 1 aromatic heterocycles. The van der Waals surface area contributed by atoms with Crippen molar-refractivity contribution in [3.63, 3.8) is 0 Å². The van der Waals surface area contributed by atoms with Crippen molar-refractivity contribution in [3.05, 3.63) is 50.4 Å². The first-order chi connectivity index (χ1) is 13.4. The average Bonchev–Trinajstić information content (AvgIpc) is 2.55. The zero-order valence-electron chi connectivity index (χ0n) is 17.5. The van der Waals surface area contributed by atoms with E-state index in [1.54, 1.807) is 33.8 Å². The normalized spacial score (nSPS) is 11.4. The molecule has 0 aliphatic heterocycles. The van der Waals surface area contributed by atoms with Gasteiger partial charge in [-0.05, 0) is 53.2 Å². The van der Waals surface area contributed by atoms with E-state index in [2.05, 4.69) is 10.3 Å². The SMILES string of the molecule is Cc1cc(-c2cnc(NC(C)C)c(=O)n2CC(=O)OC(C)(C)C)cc([N+](=O)[O-])c1. The monoisotopic (exact) mass is 402 g/mol. The van der Waals surface area contributed by atoms with Crippen LogP contribution in [0.3, 0.4) is 0 Å². The Hall–Kier alpha value is -3.23. The number of benzene rings is 1. The van der Waals surface area contributed by atoms with Crippen molar-refractivity contribution in [2.24, 2.45) is 0 Å². The molecule has 0 radical (unpaired) electrons. The minimum Gasteiger partial charge on any atom is -0.459 e. The Balaban J connectivity index is 2.63. The fourth-order valence-corrected chi connectivity index (χ4v) is 2.77. The lowest BCUT2D eigenvalue weighted by Gasteiger charge is -2.21. The van der Waals surface area contributed by atoms with Gasteiger partial charge in [-0.1, -0.05) is 0 Å². The van der Waals surface area contributed by atoms with Gasteiger partial charge in [-0.2, -0.15) is 0 Å². The van der Waals surface area contributed by atoms with Crippen molar-refractivity contribution < 1.29 is 14.5 Å². The number of nitro groups is 1. The summed E-state index contributed by atoms with van der Waals surface area (Å²) in [5, 5.41) is 14.2. The van der Waals surface area contributed by atoms with Crippen molar-refractivity contribution in [1.82, 2.24) is 9.55 Å². The van der Waals surface area contributed by atoms with Crippen LogP contribution < -0.4 is 10.9 Å². The second-order valence-corrected chi connectivity index (χ2v) is 8.08. The van der Waals surface area contributed by atoms with E-state index in [1.165, 1.54) is 22.9 Å². The second-order valence-electron chi connectivity index (χ2n) is 8.08. The third kappa shape index (κ3) is 5.87. The van der Waals surface area contributed by atoms with Crippen LogP contribution in [0.25, 0.3) is 11.3 Å². The highest BCUT2D eigenvalue weighted by Crippen LogP contribution is 2.25. The predicted octanol–water partition coefficient (Wildman–Crippen LogP) is 3.29. The van der Waals surface area contributed by atoms with Crippen LogP contribution in [0.5, 0.6) is 0 Å². The first-order valence-corrected chi connectivity index (χ1v) is 9.22. The van der Waals surface area contributed by atoms with Gasteiger partial charge in [0.15, 0.2) is 5.82 Å². The molecule has 29 heavy (non-hydrogen) atoms. The lowest BCUT2D eigenvalue weighted by atomic mass is 10.1. The summed E-state index contributed by atoms with van der Waals surface area (Å²) in [5.74, 6) is -0.501. The van der Waals surface area contributed by atoms with Crippen molar-refractivity contribution in [1.29, 1.82) is 0 Å². The highest BCUT2D eigenvalue weighted by atomic mass is 16.6. The van der Waals surface area contributed by atoms with Crippen LogP contribution in [0.4, 0.5) is 11.5 Å². The van der Waals surface area contributed by atoms with Gasteiger partial charge < -0.3 is 10.1 Å². The predicted molar refractivity (Wildman–Crippen MR) is 110 cm³/mol. The van der Waals surface area contributed by atoms with Crippen LogP contribution in [-0.2, 0) is 16.1 Å². The number of carbonyl (C=O) groups is 1. The minimum atomic E-state index is -0.713. The summed E-state index contributed by atoms with van der Waals surface area (Å²) >= 11 is 0. The second kappa shape index (κ2) is 8.42. The summed E-state index contributed by atoms with van der Waals surface area (Å²) in [6.45, 7) is 10.3. The number of nitrogens with zero attached hydrogens (tertiary/aromatic N) is 3. The zero-order chi connectivity index (χ0) is 21.9. The van der Waals surface area contributed by atoms with Crippen molar-refractivity contribution in [2.75, 3.05) is 5.32 Å². The summed E-state index contributed by atoms with van der Waals surface area (Å²) in [6, 6.07) is 4.44. The number of aryl methyl sites for hydroxylation is 1. The van der Waals surface area contributed by atoms with E-state index < -0.39 is 22.1 Å². The Morgan fingerprint density at radius 3 is 2.52 bits per heavy atom. The van der Waals surface area contributed by atoms with Gasteiger partial charge in [-0.3, -0.25) is 24.3 Å². The number of nitro benzene ring substituents is 1. The van der Waals surface area contributed by atoms with E-state index in [4.69, 9.17) is 4.74 Å². The smallest absolute Gasteiger partial charge is 0.326 e. The molecule has 0 aliphatic rings. The Morgan fingerprint density at radius 2 is 1.97 bits per heavy atom. The summed E-state index contributed by atoms with van der Waals surface area (Å²) < 4.78 is 6.57. The topological polar surface area (TPSA) is 116 Å². The van der Waals surface area contributed by atoms with Crippen molar-refractivity contribution in [2.45, 2.75) is 59.7 Å². The maximum absolute atomic E-state index is 13.0. The van der Waals surface area contributed by atoms with Crippen LogP contribution in [0.2, 0.25) is 0 Å². The molecule has 0 spiro atoms. The first kappa shape index (κ1) is 22.1. The maximum atomic E-state index is 13.0. The van der Waals surface area contributed by atoms with E-state index >= 15 is 0 Å². The molecule has 0 fully saturated rings. The van der Waals surface area contributed by atoms with Gasteiger partial charge in [0.1, 0.15) is 12.1 Å². The Bertz CT molecular complexity index is 989. The lowest BCUT2D eigenvalue weighted by Crippen LogP contribution is -2.33. The number of esters is 1. The molecular formula is C20H26N4O5. The number of rotatable bonds is 6. The molecule has 1 heterocycles. The maximum Gasteiger partial charge on any atom is 0.326 e. The molecule has 0 amide bonds. The van der Waals surface area contributed by atoms with Crippen LogP contribution in [0.1, 0.15) is 40.2 Å². The standard InChI is InChI=1S/C20H26N4O5/c1-12(2)22-18-19(26)23(11-17(25)29-20(4,5)6)16(10-21-18)14-7-13(3)8-15(9-14)24(27)28/h7-10,12H,11H2,1-6H3,(H,21,22). The number of carbonyl (C=O) groups excluding carboxylic acids is 1. The number of nitrogens with one attached hydrogen (secondary N) is 1. The average molecular weight is 402 g/mol. The van der Waals surface area contributed by atoms with Crippen molar-refractivity contribution >= 4 is 17.5 Å². The Kier molecular flexibility index (Phi) is 6.41.